The van der Waals surface area contributed by atoms with Gasteiger partial charge in [0.25, 0.3) is 5.91 Å². The van der Waals surface area contributed by atoms with Crippen molar-refractivity contribution < 1.29 is 13.7 Å². The molecule has 0 fully saturated rings. The molecule has 2 heterocycles. The zero-order valence-corrected chi connectivity index (χ0v) is 14.4. The second-order valence-electron chi connectivity index (χ2n) is 5.96. The van der Waals surface area contributed by atoms with Gasteiger partial charge in [-0.2, -0.15) is 5.10 Å². The molecule has 0 atom stereocenters. The average Bonchev–Trinajstić information content (AvgIpc) is 3.30. The Balaban J connectivity index is 1.58. The highest BCUT2D eigenvalue weighted by atomic mass is 19.1. The minimum absolute atomic E-state index is 0.0489. The second-order valence-corrected chi connectivity index (χ2v) is 5.96. The molecule has 0 spiro atoms. The van der Waals surface area contributed by atoms with Crippen molar-refractivity contribution in [3.8, 4) is 16.9 Å². The van der Waals surface area contributed by atoms with Crippen LogP contribution < -0.4 is 5.32 Å². The second kappa shape index (κ2) is 6.87. The molecule has 4 rings (SSSR count). The number of benzene rings is 2. The van der Waals surface area contributed by atoms with Gasteiger partial charge >= 0.3 is 0 Å². The van der Waals surface area contributed by atoms with Gasteiger partial charge in [-0.15, -0.1) is 0 Å². The molecule has 6 nitrogen and oxygen atoms in total. The molecular weight excluding hydrogens is 347 g/mol. The van der Waals surface area contributed by atoms with E-state index >= 15 is 0 Å². The van der Waals surface area contributed by atoms with Crippen LogP contribution in [0.1, 0.15) is 16.2 Å². The van der Waals surface area contributed by atoms with E-state index in [-0.39, 0.29) is 11.6 Å². The first-order chi connectivity index (χ1) is 13.1. The highest BCUT2D eigenvalue weighted by Gasteiger charge is 2.17. The molecule has 4 aromatic rings. The van der Waals surface area contributed by atoms with Crippen molar-refractivity contribution in [1.82, 2.24) is 14.9 Å². The highest BCUT2D eigenvalue weighted by Crippen LogP contribution is 2.21. The number of aryl methyl sites for hydroxylation is 1. The van der Waals surface area contributed by atoms with Crippen LogP contribution in [0.5, 0.6) is 0 Å². The van der Waals surface area contributed by atoms with E-state index in [1.54, 1.807) is 22.9 Å². The maximum absolute atomic E-state index is 13.0. The molecule has 0 aliphatic rings. The van der Waals surface area contributed by atoms with E-state index in [0.717, 1.165) is 11.4 Å². The lowest BCUT2D eigenvalue weighted by molar-refractivity contribution is 0.0987. The standard InChI is InChI=1S/C20H15FN4O2/c1-13-11-19(25(23-13)16-5-3-2-4-6-16)22-20(26)18-12-17(24-27-18)14-7-9-15(21)10-8-14/h2-12H,1H3,(H,22,26). The van der Waals surface area contributed by atoms with E-state index in [1.165, 1.54) is 18.2 Å². The van der Waals surface area contributed by atoms with E-state index in [1.807, 2.05) is 37.3 Å². The van der Waals surface area contributed by atoms with Crippen LogP contribution in [0.3, 0.4) is 0 Å². The molecule has 0 saturated heterocycles. The molecule has 134 valence electrons. The lowest BCUT2D eigenvalue weighted by Gasteiger charge is -2.07. The van der Waals surface area contributed by atoms with Gasteiger partial charge < -0.3 is 9.84 Å². The number of amides is 1. The van der Waals surface area contributed by atoms with Gasteiger partial charge in [-0.1, -0.05) is 23.4 Å². The number of anilines is 1. The van der Waals surface area contributed by atoms with Gasteiger partial charge in [0.2, 0.25) is 5.76 Å². The summed E-state index contributed by atoms with van der Waals surface area (Å²) >= 11 is 0. The summed E-state index contributed by atoms with van der Waals surface area (Å²) in [6.07, 6.45) is 0. The van der Waals surface area contributed by atoms with E-state index in [9.17, 15) is 9.18 Å². The van der Waals surface area contributed by atoms with Crippen LogP contribution in [0.15, 0.2) is 71.3 Å². The molecule has 0 unspecified atom stereocenters. The summed E-state index contributed by atoms with van der Waals surface area (Å²) in [5, 5.41) is 11.1. The minimum Gasteiger partial charge on any atom is -0.350 e. The van der Waals surface area contributed by atoms with Crippen LogP contribution in [0.4, 0.5) is 10.2 Å². The number of hydrogen-bond acceptors (Lipinski definition) is 4. The molecule has 1 N–H and O–H groups in total. The number of para-hydroxylation sites is 1. The van der Waals surface area contributed by atoms with Crippen LogP contribution in [0.25, 0.3) is 16.9 Å². The number of aromatic nitrogens is 3. The predicted octanol–water partition coefficient (Wildman–Crippen LogP) is 4.23. The first kappa shape index (κ1) is 16.7. The fourth-order valence-electron chi connectivity index (χ4n) is 2.67. The van der Waals surface area contributed by atoms with Crippen molar-refractivity contribution in [2.45, 2.75) is 6.92 Å². The van der Waals surface area contributed by atoms with Gasteiger partial charge in [0.1, 0.15) is 17.3 Å². The molecule has 2 aromatic carbocycles. The highest BCUT2D eigenvalue weighted by molar-refractivity contribution is 6.02. The van der Waals surface area contributed by atoms with Gasteiger partial charge in [-0.25, -0.2) is 9.07 Å². The number of rotatable bonds is 4. The molecule has 27 heavy (non-hydrogen) atoms. The van der Waals surface area contributed by atoms with Gasteiger partial charge in [-0.3, -0.25) is 4.79 Å². The summed E-state index contributed by atoms with van der Waals surface area (Å²) in [5.41, 5.74) is 2.70. The Kier molecular flexibility index (Phi) is 4.25. The van der Waals surface area contributed by atoms with E-state index in [2.05, 4.69) is 15.6 Å². The molecule has 0 saturated carbocycles. The largest absolute Gasteiger partial charge is 0.350 e. The van der Waals surface area contributed by atoms with Gasteiger partial charge in [0.15, 0.2) is 0 Å². The summed E-state index contributed by atoms with van der Waals surface area (Å²) in [6, 6.07) is 18.5. The Bertz CT molecular complexity index is 1080. The molecule has 0 bridgehead atoms. The molecule has 0 aliphatic heterocycles. The smallest absolute Gasteiger partial charge is 0.295 e. The van der Waals surface area contributed by atoms with E-state index in [0.29, 0.717) is 17.1 Å². The predicted molar refractivity (Wildman–Crippen MR) is 98.2 cm³/mol. The number of carbonyl (C=O) groups is 1. The summed E-state index contributed by atoms with van der Waals surface area (Å²) in [4.78, 5) is 12.6. The molecule has 1 amide bonds. The third kappa shape index (κ3) is 3.48. The van der Waals surface area contributed by atoms with Crippen molar-refractivity contribution in [2.75, 3.05) is 5.32 Å². The number of nitrogens with zero attached hydrogens (tertiary/aromatic N) is 3. The summed E-state index contributed by atoms with van der Waals surface area (Å²) in [7, 11) is 0. The Labute approximate surface area is 154 Å². The topological polar surface area (TPSA) is 73.0 Å². The average molecular weight is 362 g/mol. The summed E-state index contributed by atoms with van der Waals surface area (Å²) in [5.74, 6) is -0.228. The summed E-state index contributed by atoms with van der Waals surface area (Å²) in [6.45, 7) is 1.84. The monoisotopic (exact) mass is 362 g/mol. The third-order valence-electron chi connectivity index (χ3n) is 3.95. The fourth-order valence-corrected chi connectivity index (χ4v) is 2.67. The zero-order chi connectivity index (χ0) is 18.8. The molecular formula is C20H15FN4O2. The number of hydrogen-bond donors (Lipinski definition) is 1. The Morgan fingerprint density at radius 2 is 1.81 bits per heavy atom. The van der Waals surface area contributed by atoms with Crippen LogP contribution >= 0.6 is 0 Å². The van der Waals surface area contributed by atoms with E-state index in [4.69, 9.17) is 4.52 Å². The van der Waals surface area contributed by atoms with Gasteiger partial charge in [0, 0.05) is 17.7 Å². The molecule has 2 aromatic heterocycles. The van der Waals surface area contributed by atoms with Gasteiger partial charge in [-0.05, 0) is 43.3 Å². The van der Waals surface area contributed by atoms with Crippen molar-refractivity contribution >= 4 is 11.7 Å². The maximum Gasteiger partial charge on any atom is 0.295 e. The first-order valence-corrected chi connectivity index (χ1v) is 8.26. The lowest BCUT2D eigenvalue weighted by atomic mass is 10.1. The zero-order valence-electron chi connectivity index (χ0n) is 14.4. The van der Waals surface area contributed by atoms with Crippen LogP contribution in [-0.2, 0) is 0 Å². The van der Waals surface area contributed by atoms with Crippen molar-refractivity contribution in [1.29, 1.82) is 0 Å². The number of halogens is 1. The van der Waals surface area contributed by atoms with Crippen LogP contribution in [0, 0.1) is 12.7 Å². The Morgan fingerprint density at radius 1 is 1.07 bits per heavy atom. The number of carbonyl (C=O) groups excluding carboxylic acids is 1. The Hall–Kier alpha value is -3.74. The Morgan fingerprint density at radius 3 is 2.56 bits per heavy atom. The lowest BCUT2D eigenvalue weighted by Crippen LogP contribution is -2.14. The minimum atomic E-state index is -0.451. The van der Waals surface area contributed by atoms with Crippen molar-refractivity contribution in [3.63, 3.8) is 0 Å². The molecule has 0 radical (unpaired) electrons. The maximum atomic E-state index is 13.0. The molecule has 7 heteroatoms. The van der Waals surface area contributed by atoms with E-state index < -0.39 is 5.91 Å². The molecule has 0 aliphatic carbocycles. The van der Waals surface area contributed by atoms with Crippen LogP contribution in [-0.4, -0.2) is 20.8 Å². The van der Waals surface area contributed by atoms with Crippen molar-refractivity contribution in [2.24, 2.45) is 0 Å². The first-order valence-electron chi connectivity index (χ1n) is 8.26. The SMILES string of the molecule is Cc1cc(NC(=O)c2cc(-c3ccc(F)cc3)no2)n(-c2ccccc2)n1. The fraction of sp³-hybridized carbons (Fsp3) is 0.0500. The quantitative estimate of drug-likeness (QED) is 0.590. The normalized spacial score (nSPS) is 10.7. The summed E-state index contributed by atoms with van der Waals surface area (Å²) < 4.78 is 19.8. The van der Waals surface area contributed by atoms with Crippen molar-refractivity contribution in [3.05, 3.63) is 84.0 Å². The van der Waals surface area contributed by atoms with Gasteiger partial charge in [0.05, 0.1) is 11.4 Å². The third-order valence-corrected chi connectivity index (χ3v) is 3.95. The van der Waals surface area contributed by atoms with Crippen LogP contribution in [0.2, 0.25) is 0 Å². The number of nitrogens with one attached hydrogen (secondary N) is 1.